The minimum atomic E-state index is -0.206. The van der Waals surface area contributed by atoms with Crippen molar-refractivity contribution in [2.45, 2.75) is 18.7 Å². The van der Waals surface area contributed by atoms with Crippen molar-refractivity contribution in [1.29, 1.82) is 0 Å². The molecule has 6 heteroatoms. The number of anilines is 2. The van der Waals surface area contributed by atoms with E-state index in [0.717, 1.165) is 16.1 Å². The maximum atomic E-state index is 12.4. The Morgan fingerprint density at radius 1 is 0.867 bits per heavy atom. The van der Waals surface area contributed by atoms with Crippen LogP contribution in [0.25, 0.3) is 0 Å². The van der Waals surface area contributed by atoms with E-state index in [2.05, 4.69) is 10.6 Å². The van der Waals surface area contributed by atoms with E-state index in [1.807, 2.05) is 56.3 Å². The first-order valence-electron chi connectivity index (χ1n) is 9.50. The molecule has 5 nitrogen and oxygen atoms in total. The third-order valence-electron chi connectivity index (χ3n) is 4.60. The Labute approximate surface area is 180 Å². The first kappa shape index (κ1) is 21.5. The molecule has 0 aromatic heterocycles. The lowest BCUT2D eigenvalue weighted by Gasteiger charge is -2.09. The van der Waals surface area contributed by atoms with Gasteiger partial charge in [-0.05, 0) is 79.6 Å². The topological polar surface area (TPSA) is 67.4 Å². The zero-order valence-corrected chi connectivity index (χ0v) is 18.0. The van der Waals surface area contributed by atoms with E-state index in [1.54, 1.807) is 31.4 Å². The second-order valence-electron chi connectivity index (χ2n) is 6.85. The molecule has 2 amide bonds. The van der Waals surface area contributed by atoms with Crippen molar-refractivity contribution in [1.82, 2.24) is 0 Å². The lowest BCUT2D eigenvalue weighted by Crippen LogP contribution is -2.14. The van der Waals surface area contributed by atoms with Crippen molar-refractivity contribution in [2.75, 3.05) is 23.5 Å². The van der Waals surface area contributed by atoms with Crippen LogP contribution in [0.1, 0.15) is 21.5 Å². The lowest BCUT2D eigenvalue weighted by atomic mass is 10.1. The highest BCUT2D eigenvalue weighted by Crippen LogP contribution is 2.22. The number of aryl methyl sites for hydroxylation is 2. The summed E-state index contributed by atoms with van der Waals surface area (Å²) in [5.74, 6) is 0.678. The summed E-state index contributed by atoms with van der Waals surface area (Å²) in [5.41, 5.74) is 4.36. The van der Waals surface area contributed by atoms with Gasteiger partial charge in [0.1, 0.15) is 5.75 Å². The number of carbonyl (C=O) groups excluding carboxylic acids is 2. The van der Waals surface area contributed by atoms with Crippen LogP contribution >= 0.6 is 11.8 Å². The molecule has 3 aromatic carbocycles. The molecule has 0 spiro atoms. The number of thioether (sulfide) groups is 1. The summed E-state index contributed by atoms with van der Waals surface area (Å²) in [5, 5.41) is 5.78. The summed E-state index contributed by atoms with van der Waals surface area (Å²) in [6.45, 7) is 4.06. The number of methoxy groups -OCH3 is 1. The highest BCUT2D eigenvalue weighted by molar-refractivity contribution is 8.00. The molecule has 30 heavy (non-hydrogen) atoms. The first-order valence-corrected chi connectivity index (χ1v) is 10.5. The maximum absolute atomic E-state index is 12.4. The predicted octanol–water partition coefficient (Wildman–Crippen LogP) is 5.30. The molecule has 154 valence electrons. The average molecular weight is 421 g/mol. The molecule has 0 radical (unpaired) electrons. The molecule has 0 fully saturated rings. The van der Waals surface area contributed by atoms with Gasteiger partial charge in [0.15, 0.2) is 0 Å². The molecule has 3 aromatic rings. The third-order valence-corrected chi connectivity index (χ3v) is 5.62. The second-order valence-corrected chi connectivity index (χ2v) is 7.90. The van der Waals surface area contributed by atoms with Crippen LogP contribution in [0, 0.1) is 13.8 Å². The Hall–Kier alpha value is -3.25. The van der Waals surface area contributed by atoms with E-state index in [1.165, 1.54) is 17.3 Å². The van der Waals surface area contributed by atoms with Gasteiger partial charge in [-0.25, -0.2) is 0 Å². The monoisotopic (exact) mass is 420 g/mol. The van der Waals surface area contributed by atoms with E-state index in [0.29, 0.717) is 22.8 Å². The molecule has 0 aliphatic rings. The summed E-state index contributed by atoms with van der Waals surface area (Å²) in [6.07, 6.45) is 0. The van der Waals surface area contributed by atoms with E-state index in [9.17, 15) is 9.59 Å². The fourth-order valence-corrected chi connectivity index (χ4v) is 3.47. The van der Waals surface area contributed by atoms with Gasteiger partial charge in [0.05, 0.1) is 12.9 Å². The van der Waals surface area contributed by atoms with Crippen LogP contribution in [0.4, 0.5) is 11.4 Å². The molecule has 0 atom stereocenters. The molecule has 3 rings (SSSR count). The zero-order valence-electron chi connectivity index (χ0n) is 17.2. The number of carbonyl (C=O) groups is 2. The fourth-order valence-electron chi connectivity index (χ4n) is 2.77. The summed E-state index contributed by atoms with van der Waals surface area (Å²) >= 11 is 1.44. The smallest absolute Gasteiger partial charge is 0.255 e. The second kappa shape index (κ2) is 9.98. The molecular formula is C24H24N2O3S. The lowest BCUT2D eigenvalue weighted by molar-refractivity contribution is -0.113. The van der Waals surface area contributed by atoms with Gasteiger partial charge >= 0.3 is 0 Å². The number of rotatable bonds is 7. The largest absolute Gasteiger partial charge is 0.497 e. The Morgan fingerprint density at radius 2 is 1.60 bits per heavy atom. The van der Waals surface area contributed by atoms with Crippen molar-refractivity contribution in [3.63, 3.8) is 0 Å². The van der Waals surface area contributed by atoms with Gasteiger partial charge < -0.3 is 15.4 Å². The van der Waals surface area contributed by atoms with Crippen LogP contribution in [0.2, 0.25) is 0 Å². The van der Waals surface area contributed by atoms with Gasteiger partial charge in [-0.2, -0.15) is 0 Å². The zero-order chi connectivity index (χ0) is 21.5. The highest BCUT2D eigenvalue weighted by atomic mass is 32.2. The Balaban J connectivity index is 1.52. The minimum Gasteiger partial charge on any atom is -0.497 e. The summed E-state index contributed by atoms with van der Waals surface area (Å²) in [7, 11) is 1.56. The molecule has 2 N–H and O–H groups in total. The van der Waals surface area contributed by atoms with Crippen LogP contribution in [-0.4, -0.2) is 24.7 Å². The number of hydrogen-bond donors (Lipinski definition) is 2. The minimum absolute atomic E-state index is 0.0568. The van der Waals surface area contributed by atoms with E-state index < -0.39 is 0 Å². The van der Waals surface area contributed by atoms with Crippen molar-refractivity contribution < 1.29 is 14.3 Å². The average Bonchev–Trinajstić information content (AvgIpc) is 2.76. The van der Waals surface area contributed by atoms with Crippen LogP contribution in [-0.2, 0) is 4.79 Å². The van der Waals surface area contributed by atoms with Crippen molar-refractivity contribution >= 4 is 35.0 Å². The molecule has 0 bridgehead atoms. The quantitative estimate of drug-likeness (QED) is 0.509. The Bertz CT molecular complexity index is 1050. The molecule has 0 unspecified atom stereocenters. The van der Waals surface area contributed by atoms with E-state index >= 15 is 0 Å². The number of nitrogens with one attached hydrogen (secondary N) is 2. The molecule has 0 heterocycles. The number of benzene rings is 3. The molecule has 0 aliphatic carbocycles. The van der Waals surface area contributed by atoms with Crippen LogP contribution in [0.5, 0.6) is 5.75 Å². The van der Waals surface area contributed by atoms with Gasteiger partial charge in [-0.1, -0.05) is 12.1 Å². The van der Waals surface area contributed by atoms with Crippen LogP contribution in [0.15, 0.2) is 71.6 Å². The summed E-state index contributed by atoms with van der Waals surface area (Å²) in [4.78, 5) is 25.5. The van der Waals surface area contributed by atoms with Crippen LogP contribution in [0.3, 0.4) is 0 Å². The van der Waals surface area contributed by atoms with E-state index in [-0.39, 0.29) is 11.8 Å². The standard InChI is InChI=1S/C24H24N2O3S/c1-16-7-8-20(13-17(16)2)25-23(27)15-30-22-11-9-19(10-12-22)26-24(28)18-5-4-6-21(14-18)29-3/h4-14H,15H2,1-3H3,(H,25,27)(H,26,28). The molecular weight excluding hydrogens is 396 g/mol. The highest BCUT2D eigenvalue weighted by Gasteiger charge is 2.08. The van der Waals surface area contributed by atoms with Crippen LogP contribution < -0.4 is 15.4 Å². The first-order chi connectivity index (χ1) is 14.4. The Morgan fingerprint density at radius 3 is 2.30 bits per heavy atom. The van der Waals surface area contributed by atoms with Gasteiger partial charge in [0.25, 0.3) is 5.91 Å². The fraction of sp³-hybridized carbons (Fsp3) is 0.167. The molecule has 0 saturated heterocycles. The van der Waals surface area contributed by atoms with E-state index in [4.69, 9.17) is 4.74 Å². The van der Waals surface area contributed by atoms with Gasteiger partial charge in [-0.3, -0.25) is 9.59 Å². The van der Waals surface area contributed by atoms with Gasteiger partial charge in [0, 0.05) is 21.8 Å². The number of amides is 2. The van der Waals surface area contributed by atoms with Crippen molar-refractivity contribution in [3.05, 3.63) is 83.4 Å². The van der Waals surface area contributed by atoms with Crippen molar-refractivity contribution in [3.8, 4) is 5.75 Å². The molecule has 0 aliphatic heterocycles. The van der Waals surface area contributed by atoms with Crippen molar-refractivity contribution in [2.24, 2.45) is 0 Å². The molecule has 0 saturated carbocycles. The third kappa shape index (κ3) is 5.87. The SMILES string of the molecule is COc1cccc(C(=O)Nc2ccc(SCC(=O)Nc3ccc(C)c(C)c3)cc2)c1. The maximum Gasteiger partial charge on any atom is 0.255 e. The predicted molar refractivity (Wildman–Crippen MR) is 123 cm³/mol. The number of ether oxygens (including phenoxy) is 1. The number of hydrogen-bond acceptors (Lipinski definition) is 4. The van der Waals surface area contributed by atoms with Gasteiger partial charge in [-0.15, -0.1) is 11.8 Å². The summed E-state index contributed by atoms with van der Waals surface area (Å²) in [6, 6.07) is 20.3. The van der Waals surface area contributed by atoms with Gasteiger partial charge in [0.2, 0.25) is 5.91 Å². The Kier molecular flexibility index (Phi) is 7.14. The summed E-state index contributed by atoms with van der Waals surface area (Å²) < 4.78 is 5.15. The normalized spacial score (nSPS) is 10.4.